The third-order valence-electron chi connectivity index (χ3n) is 4.60. The predicted octanol–water partition coefficient (Wildman–Crippen LogP) is 6.65. The van der Waals surface area contributed by atoms with Crippen molar-refractivity contribution in [2.45, 2.75) is 117 Å². The number of amides is 1. The SMILES string of the molecule is CCCCCCCC(=S)CCC(=O)OC.CCCCCCCC(=S)CCC(N)=O. The zero-order valence-electron chi connectivity index (χ0n) is 18.9. The number of methoxy groups -OCH3 is 1. The van der Waals surface area contributed by atoms with E-state index in [0.29, 0.717) is 25.7 Å². The van der Waals surface area contributed by atoms with Crippen LogP contribution in [0.25, 0.3) is 0 Å². The molecule has 0 aromatic rings. The van der Waals surface area contributed by atoms with Crippen LogP contribution in [0.2, 0.25) is 0 Å². The van der Waals surface area contributed by atoms with E-state index in [1.807, 2.05) is 0 Å². The van der Waals surface area contributed by atoms with E-state index < -0.39 is 0 Å². The summed E-state index contributed by atoms with van der Waals surface area (Å²) in [6.07, 6.45) is 16.8. The lowest BCUT2D eigenvalue weighted by atomic mass is 10.1. The molecule has 0 aliphatic rings. The number of carbonyl (C=O) groups is 2. The Hall–Kier alpha value is -0.880. The monoisotopic (exact) mass is 445 g/mol. The van der Waals surface area contributed by atoms with Crippen LogP contribution >= 0.6 is 24.4 Å². The Balaban J connectivity index is 0. The van der Waals surface area contributed by atoms with Crippen LogP contribution in [0.4, 0.5) is 0 Å². The van der Waals surface area contributed by atoms with Crippen LogP contribution in [0, 0.1) is 0 Å². The maximum Gasteiger partial charge on any atom is 0.305 e. The molecule has 0 rings (SSSR count). The van der Waals surface area contributed by atoms with Gasteiger partial charge < -0.3 is 10.5 Å². The summed E-state index contributed by atoms with van der Waals surface area (Å²) in [5.41, 5.74) is 5.04. The minimum atomic E-state index is -0.252. The number of thiocarbonyl (C=S) groups is 2. The van der Waals surface area contributed by atoms with E-state index in [0.717, 1.165) is 29.0 Å². The molecule has 170 valence electrons. The van der Waals surface area contributed by atoms with Gasteiger partial charge in [-0.25, -0.2) is 0 Å². The molecule has 0 saturated carbocycles. The fraction of sp³-hybridized carbons (Fsp3) is 0.826. The van der Waals surface area contributed by atoms with Crippen LogP contribution in [0.5, 0.6) is 0 Å². The molecule has 0 saturated heterocycles. The van der Waals surface area contributed by atoms with Crippen molar-refractivity contribution in [1.29, 1.82) is 0 Å². The lowest BCUT2D eigenvalue weighted by Crippen LogP contribution is -2.11. The first-order valence-electron chi connectivity index (χ1n) is 11.3. The van der Waals surface area contributed by atoms with E-state index in [4.69, 9.17) is 30.2 Å². The molecule has 4 nitrogen and oxygen atoms in total. The Morgan fingerprint density at radius 1 is 0.655 bits per heavy atom. The van der Waals surface area contributed by atoms with Crippen LogP contribution in [0.15, 0.2) is 0 Å². The number of hydrogen-bond acceptors (Lipinski definition) is 5. The van der Waals surface area contributed by atoms with E-state index in [1.54, 1.807) is 0 Å². The van der Waals surface area contributed by atoms with Crippen molar-refractivity contribution in [1.82, 2.24) is 0 Å². The molecule has 0 radical (unpaired) electrons. The van der Waals surface area contributed by atoms with Gasteiger partial charge in [-0.2, -0.15) is 0 Å². The van der Waals surface area contributed by atoms with Gasteiger partial charge >= 0.3 is 5.97 Å². The van der Waals surface area contributed by atoms with Crippen LogP contribution in [-0.2, 0) is 14.3 Å². The van der Waals surface area contributed by atoms with E-state index in [1.165, 1.54) is 64.9 Å². The Kier molecular flexibility index (Phi) is 24.5. The van der Waals surface area contributed by atoms with Crippen molar-refractivity contribution in [2.75, 3.05) is 7.11 Å². The molecule has 2 N–H and O–H groups in total. The first-order valence-corrected chi connectivity index (χ1v) is 12.1. The van der Waals surface area contributed by atoms with Crippen molar-refractivity contribution >= 4 is 46.0 Å². The van der Waals surface area contributed by atoms with E-state index >= 15 is 0 Å². The van der Waals surface area contributed by atoms with Crippen LogP contribution in [0.3, 0.4) is 0 Å². The second-order valence-corrected chi connectivity index (χ2v) is 8.60. The quantitative estimate of drug-likeness (QED) is 0.145. The molecule has 0 bridgehead atoms. The largest absolute Gasteiger partial charge is 0.469 e. The third-order valence-corrected chi connectivity index (χ3v) is 5.42. The fourth-order valence-corrected chi connectivity index (χ4v) is 3.20. The van der Waals surface area contributed by atoms with Crippen molar-refractivity contribution in [3.63, 3.8) is 0 Å². The fourth-order valence-electron chi connectivity index (χ4n) is 2.71. The topological polar surface area (TPSA) is 69.4 Å². The molecular formula is C23H43NO3S2. The molecule has 0 atom stereocenters. The van der Waals surface area contributed by atoms with Gasteiger partial charge in [0.25, 0.3) is 0 Å². The second-order valence-electron chi connectivity index (χ2n) is 7.45. The van der Waals surface area contributed by atoms with Crippen molar-refractivity contribution in [2.24, 2.45) is 5.73 Å². The molecule has 0 aromatic heterocycles. The van der Waals surface area contributed by atoms with Crippen LogP contribution < -0.4 is 5.73 Å². The number of carbonyl (C=O) groups excluding carboxylic acids is 2. The lowest BCUT2D eigenvalue weighted by molar-refractivity contribution is -0.140. The highest BCUT2D eigenvalue weighted by Gasteiger charge is 2.03. The van der Waals surface area contributed by atoms with E-state index in [-0.39, 0.29) is 11.9 Å². The van der Waals surface area contributed by atoms with Gasteiger partial charge in [-0.3, -0.25) is 9.59 Å². The zero-order chi connectivity index (χ0) is 22.3. The van der Waals surface area contributed by atoms with Gasteiger partial charge in [-0.15, -0.1) is 0 Å². The number of unbranched alkanes of at least 4 members (excludes halogenated alkanes) is 8. The summed E-state index contributed by atoms with van der Waals surface area (Å²) in [6, 6.07) is 0. The molecule has 1 amide bonds. The molecule has 6 heteroatoms. The molecule has 0 spiro atoms. The van der Waals surface area contributed by atoms with Crippen molar-refractivity contribution < 1.29 is 14.3 Å². The van der Waals surface area contributed by atoms with Crippen LogP contribution in [0.1, 0.15) is 117 Å². The smallest absolute Gasteiger partial charge is 0.305 e. The standard InChI is InChI=1S/C12H22O2S.C11H21NOS/c1-3-4-5-6-7-8-11(15)9-10-12(13)14-2;1-2-3-4-5-6-7-10(14)8-9-11(12)13/h3-10H2,1-2H3;2-9H2,1H3,(H2,12,13). The predicted molar refractivity (Wildman–Crippen MR) is 132 cm³/mol. The first-order chi connectivity index (χ1) is 13.9. The summed E-state index contributed by atoms with van der Waals surface area (Å²) < 4.78 is 4.56. The van der Waals surface area contributed by atoms with Crippen LogP contribution in [-0.4, -0.2) is 28.7 Å². The van der Waals surface area contributed by atoms with Gasteiger partial charge in [0.15, 0.2) is 0 Å². The summed E-state index contributed by atoms with van der Waals surface area (Å²) >= 11 is 10.3. The van der Waals surface area contributed by atoms with E-state index in [2.05, 4.69) is 18.6 Å². The zero-order valence-corrected chi connectivity index (χ0v) is 20.6. The minimum absolute atomic E-state index is 0.164. The maximum atomic E-state index is 10.8. The second kappa shape index (κ2) is 23.4. The Bertz CT molecular complexity index is 453. The number of ether oxygens (including phenoxy) is 1. The summed E-state index contributed by atoms with van der Waals surface area (Å²) in [7, 11) is 1.41. The van der Waals surface area contributed by atoms with Gasteiger partial charge in [0.05, 0.1) is 13.5 Å². The highest BCUT2D eigenvalue weighted by atomic mass is 32.1. The highest BCUT2D eigenvalue weighted by molar-refractivity contribution is 7.80. The van der Waals surface area contributed by atoms with Gasteiger partial charge in [-0.05, 0) is 48.3 Å². The summed E-state index contributed by atoms with van der Waals surface area (Å²) in [5, 5.41) is 0. The lowest BCUT2D eigenvalue weighted by Gasteiger charge is -2.03. The molecule has 0 fully saturated rings. The molecule has 0 aliphatic carbocycles. The summed E-state index contributed by atoms with van der Waals surface area (Å²) in [5.74, 6) is -0.415. The number of esters is 1. The summed E-state index contributed by atoms with van der Waals surface area (Å²) in [6.45, 7) is 4.42. The number of rotatable bonds is 18. The average molecular weight is 446 g/mol. The number of hydrogen-bond donors (Lipinski definition) is 1. The maximum absolute atomic E-state index is 10.8. The normalized spacial score (nSPS) is 10.0. The minimum Gasteiger partial charge on any atom is -0.469 e. The Morgan fingerprint density at radius 2 is 1.07 bits per heavy atom. The average Bonchev–Trinajstić information content (AvgIpc) is 2.70. The molecule has 29 heavy (non-hydrogen) atoms. The van der Waals surface area contributed by atoms with Gasteiger partial charge in [0, 0.05) is 6.42 Å². The van der Waals surface area contributed by atoms with Crippen molar-refractivity contribution in [3.8, 4) is 0 Å². The third kappa shape index (κ3) is 27.1. The van der Waals surface area contributed by atoms with E-state index in [9.17, 15) is 9.59 Å². The summed E-state index contributed by atoms with van der Waals surface area (Å²) in [4.78, 5) is 23.3. The number of primary amides is 1. The molecular weight excluding hydrogens is 402 g/mol. The number of nitrogens with two attached hydrogens (primary N) is 1. The molecule has 0 unspecified atom stereocenters. The molecule has 0 aliphatic heterocycles. The molecule has 0 aromatic carbocycles. The Labute approximate surface area is 189 Å². The Morgan fingerprint density at radius 3 is 1.45 bits per heavy atom. The highest BCUT2D eigenvalue weighted by Crippen LogP contribution is 2.09. The van der Waals surface area contributed by atoms with Gasteiger partial charge in [-0.1, -0.05) is 89.6 Å². The van der Waals surface area contributed by atoms with Gasteiger partial charge in [0.1, 0.15) is 0 Å². The molecule has 0 heterocycles. The first kappa shape index (κ1) is 30.3. The van der Waals surface area contributed by atoms with Gasteiger partial charge in [0.2, 0.25) is 5.91 Å². The van der Waals surface area contributed by atoms with Crippen molar-refractivity contribution in [3.05, 3.63) is 0 Å².